The molecule has 94 valence electrons. The number of carbonyl (C=O) groups excluding carboxylic acids is 1. The molecule has 0 aliphatic rings. The molecule has 17 heavy (non-hydrogen) atoms. The lowest BCUT2D eigenvalue weighted by Crippen LogP contribution is -2.40. The predicted molar refractivity (Wildman–Crippen MR) is 51.7 cm³/mol. The molecule has 0 aliphatic heterocycles. The van der Waals surface area contributed by atoms with Gasteiger partial charge in [0.05, 0.1) is 19.3 Å². The molecule has 0 fully saturated rings. The molecule has 0 aromatic heterocycles. The smallest absolute Gasteiger partial charge is 0.251 e. The molecule has 0 radical (unpaired) electrons. The van der Waals surface area contributed by atoms with Gasteiger partial charge in [0, 0.05) is 5.56 Å². The summed E-state index contributed by atoms with van der Waals surface area (Å²) in [5, 5.41) is 19.5. The first-order valence-corrected chi connectivity index (χ1v) is 4.66. The van der Waals surface area contributed by atoms with E-state index in [9.17, 15) is 18.0 Å². The molecule has 1 amide bonds. The van der Waals surface area contributed by atoms with Crippen molar-refractivity contribution in [3.8, 4) is 0 Å². The van der Waals surface area contributed by atoms with Crippen molar-refractivity contribution in [2.24, 2.45) is 0 Å². The zero-order chi connectivity index (χ0) is 13.0. The van der Waals surface area contributed by atoms with Gasteiger partial charge in [-0.25, -0.2) is 13.2 Å². The lowest BCUT2D eigenvalue weighted by molar-refractivity contribution is 0.0878. The number of aliphatic hydroxyl groups excluding tert-OH is 2. The van der Waals surface area contributed by atoms with Gasteiger partial charge in [0.1, 0.15) is 0 Å². The van der Waals surface area contributed by atoms with Crippen molar-refractivity contribution in [2.75, 3.05) is 13.2 Å². The number of hydrogen-bond acceptors (Lipinski definition) is 3. The van der Waals surface area contributed by atoms with Crippen LogP contribution in [0.5, 0.6) is 0 Å². The molecule has 1 rings (SSSR count). The highest BCUT2D eigenvalue weighted by molar-refractivity contribution is 5.94. The third-order valence-corrected chi connectivity index (χ3v) is 2.02. The quantitative estimate of drug-likeness (QED) is 0.667. The summed E-state index contributed by atoms with van der Waals surface area (Å²) in [5.41, 5.74) is -0.437. The van der Waals surface area contributed by atoms with Crippen LogP contribution in [-0.2, 0) is 0 Å². The fourth-order valence-corrected chi connectivity index (χ4v) is 1.10. The molecule has 0 aliphatic carbocycles. The molecule has 0 bridgehead atoms. The Morgan fingerprint density at radius 3 is 2.06 bits per heavy atom. The second kappa shape index (κ2) is 5.65. The standard InChI is InChI=1S/C10H10F3NO3/c11-7-1-5(2-8(12)9(7)13)10(17)14-6(3-15)4-16/h1-2,6,15-16H,3-4H2,(H,14,17). The molecule has 0 unspecified atom stereocenters. The molecule has 0 spiro atoms. The number of amides is 1. The Kier molecular flexibility index (Phi) is 4.47. The third-order valence-electron chi connectivity index (χ3n) is 2.02. The van der Waals surface area contributed by atoms with Gasteiger partial charge in [-0.3, -0.25) is 4.79 Å². The summed E-state index contributed by atoms with van der Waals surface area (Å²) in [6, 6.07) is 0.109. The lowest BCUT2D eigenvalue weighted by Gasteiger charge is -2.13. The molecular formula is C10H10F3NO3. The van der Waals surface area contributed by atoms with E-state index >= 15 is 0 Å². The van der Waals surface area contributed by atoms with Gasteiger partial charge in [0.2, 0.25) is 0 Å². The SMILES string of the molecule is O=C(NC(CO)CO)c1cc(F)c(F)c(F)c1. The van der Waals surface area contributed by atoms with Gasteiger partial charge in [-0.1, -0.05) is 0 Å². The summed E-state index contributed by atoms with van der Waals surface area (Å²) in [6.45, 7) is -1.07. The van der Waals surface area contributed by atoms with Crippen LogP contribution in [0.2, 0.25) is 0 Å². The number of rotatable bonds is 4. The molecule has 0 heterocycles. The topological polar surface area (TPSA) is 69.6 Å². The molecule has 7 heteroatoms. The summed E-state index contributed by atoms with van der Waals surface area (Å²) in [5.74, 6) is -5.56. The molecule has 1 aromatic carbocycles. The summed E-state index contributed by atoms with van der Waals surface area (Å²) >= 11 is 0. The van der Waals surface area contributed by atoms with Crippen molar-refractivity contribution in [3.05, 3.63) is 35.1 Å². The summed E-state index contributed by atoms with van der Waals surface area (Å²) in [6.07, 6.45) is 0. The first-order valence-electron chi connectivity index (χ1n) is 4.66. The van der Waals surface area contributed by atoms with Crippen molar-refractivity contribution in [1.29, 1.82) is 0 Å². The largest absolute Gasteiger partial charge is 0.394 e. The Morgan fingerprint density at radius 2 is 1.65 bits per heavy atom. The minimum absolute atomic E-state index is 0.437. The van der Waals surface area contributed by atoms with Gasteiger partial charge in [-0.15, -0.1) is 0 Å². The van der Waals surface area contributed by atoms with Gasteiger partial charge in [-0.05, 0) is 12.1 Å². The van der Waals surface area contributed by atoms with Gasteiger partial charge in [0.25, 0.3) is 5.91 Å². The number of carbonyl (C=O) groups is 1. The van der Waals surface area contributed by atoms with E-state index in [1.807, 2.05) is 0 Å². The van der Waals surface area contributed by atoms with Crippen LogP contribution in [0.4, 0.5) is 13.2 Å². The summed E-state index contributed by atoms with van der Waals surface area (Å²) in [4.78, 5) is 11.4. The summed E-state index contributed by atoms with van der Waals surface area (Å²) < 4.78 is 38.2. The fraction of sp³-hybridized carbons (Fsp3) is 0.300. The molecule has 4 nitrogen and oxygen atoms in total. The van der Waals surface area contributed by atoms with Crippen LogP contribution in [0.1, 0.15) is 10.4 Å². The number of hydrogen-bond donors (Lipinski definition) is 3. The Balaban J connectivity index is 2.90. The summed E-state index contributed by atoms with van der Waals surface area (Å²) in [7, 11) is 0. The second-order valence-corrected chi connectivity index (χ2v) is 3.29. The number of aliphatic hydroxyl groups is 2. The van der Waals surface area contributed by atoms with Crippen molar-refractivity contribution in [1.82, 2.24) is 5.32 Å². The van der Waals surface area contributed by atoms with Crippen molar-refractivity contribution in [2.45, 2.75) is 6.04 Å². The van der Waals surface area contributed by atoms with Crippen LogP contribution in [0.25, 0.3) is 0 Å². The first-order chi connectivity index (χ1) is 7.99. The van der Waals surface area contributed by atoms with E-state index in [1.54, 1.807) is 0 Å². The van der Waals surface area contributed by atoms with Crippen LogP contribution in [0, 0.1) is 17.5 Å². The zero-order valence-electron chi connectivity index (χ0n) is 8.58. The predicted octanol–water partition coefficient (Wildman–Crippen LogP) is 0.187. The average Bonchev–Trinajstić information content (AvgIpc) is 2.31. The Bertz CT molecular complexity index is 398. The molecule has 1 aromatic rings. The van der Waals surface area contributed by atoms with Crippen LogP contribution < -0.4 is 5.32 Å². The van der Waals surface area contributed by atoms with Gasteiger partial charge in [0.15, 0.2) is 17.5 Å². The van der Waals surface area contributed by atoms with E-state index in [1.165, 1.54) is 0 Å². The normalized spacial score (nSPS) is 10.7. The van der Waals surface area contributed by atoms with Crippen LogP contribution in [0.3, 0.4) is 0 Å². The first kappa shape index (κ1) is 13.5. The number of benzene rings is 1. The highest BCUT2D eigenvalue weighted by Gasteiger charge is 2.17. The van der Waals surface area contributed by atoms with E-state index in [4.69, 9.17) is 10.2 Å². The fourth-order valence-electron chi connectivity index (χ4n) is 1.10. The monoisotopic (exact) mass is 249 g/mol. The molecule has 0 saturated heterocycles. The van der Waals surface area contributed by atoms with Crippen LogP contribution >= 0.6 is 0 Å². The molecule has 0 atom stereocenters. The van der Waals surface area contributed by atoms with Crippen LogP contribution in [0.15, 0.2) is 12.1 Å². The number of nitrogens with one attached hydrogen (secondary N) is 1. The minimum atomic E-state index is -1.66. The van der Waals surface area contributed by atoms with Crippen LogP contribution in [-0.4, -0.2) is 35.4 Å². The lowest BCUT2D eigenvalue weighted by atomic mass is 10.2. The Morgan fingerprint density at radius 1 is 1.18 bits per heavy atom. The molecule has 3 N–H and O–H groups in total. The highest BCUT2D eigenvalue weighted by atomic mass is 19.2. The average molecular weight is 249 g/mol. The van der Waals surface area contributed by atoms with Crippen molar-refractivity contribution in [3.63, 3.8) is 0 Å². The molecule has 0 saturated carbocycles. The van der Waals surface area contributed by atoms with E-state index in [0.717, 1.165) is 0 Å². The van der Waals surface area contributed by atoms with Gasteiger partial charge >= 0.3 is 0 Å². The van der Waals surface area contributed by atoms with E-state index in [0.29, 0.717) is 12.1 Å². The maximum absolute atomic E-state index is 12.8. The van der Waals surface area contributed by atoms with E-state index in [-0.39, 0.29) is 0 Å². The Hall–Kier alpha value is -1.60. The van der Waals surface area contributed by atoms with Crippen molar-refractivity contribution >= 4 is 5.91 Å². The zero-order valence-corrected chi connectivity index (χ0v) is 8.58. The van der Waals surface area contributed by atoms with E-state index < -0.39 is 48.2 Å². The van der Waals surface area contributed by atoms with Gasteiger partial charge < -0.3 is 15.5 Å². The minimum Gasteiger partial charge on any atom is -0.394 e. The highest BCUT2D eigenvalue weighted by Crippen LogP contribution is 2.13. The van der Waals surface area contributed by atoms with Gasteiger partial charge in [-0.2, -0.15) is 0 Å². The third kappa shape index (κ3) is 3.18. The maximum Gasteiger partial charge on any atom is 0.251 e. The number of halogens is 3. The maximum atomic E-state index is 12.8. The van der Waals surface area contributed by atoms with Crippen molar-refractivity contribution < 1.29 is 28.2 Å². The van der Waals surface area contributed by atoms with E-state index in [2.05, 4.69) is 5.32 Å². The Labute approximate surface area is 94.7 Å². The second-order valence-electron chi connectivity index (χ2n) is 3.29. The molecular weight excluding hydrogens is 239 g/mol.